The molecular formula is C9H16N2O. The molecule has 2 amide bonds. The summed E-state index contributed by atoms with van der Waals surface area (Å²) in [5.74, 6) is 0. The molecule has 0 bridgehead atoms. The summed E-state index contributed by atoms with van der Waals surface area (Å²) < 4.78 is 0. The highest BCUT2D eigenvalue weighted by Crippen LogP contribution is 2.18. The van der Waals surface area contributed by atoms with Crippen molar-refractivity contribution in [1.82, 2.24) is 10.2 Å². The molecule has 0 aromatic rings. The number of rotatable bonds is 4. The Morgan fingerprint density at radius 3 is 2.83 bits per heavy atom. The van der Waals surface area contributed by atoms with Gasteiger partial charge in [-0.2, -0.15) is 0 Å². The summed E-state index contributed by atoms with van der Waals surface area (Å²) in [7, 11) is 0. The van der Waals surface area contributed by atoms with E-state index in [1.54, 1.807) is 11.0 Å². The van der Waals surface area contributed by atoms with Gasteiger partial charge in [-0.1, -0.05) is 6.08 Å². The number of urea groups is 1. The second-order valence-electron chi connectivity index (χ2n) is 3.05. The highest BCUT2D eigenvalue weighted by Gasteiger charge is 2.24. The summed E-state index contributed by atoms with van der Waals surface area (Å²) in [6, 6.07) is 0.483. The molecule has 0 atom stereocenters. The zero-order valence-corrected chi connectivity index (χ0v) is 7.55. The van der Waals surface area contributed by atoms with E-state index >= 15 is 0 Å². The molecule has 1 N–H and O–H groups in total. The molecule has 1 aliphatic rings. The molecule has 1 fully saturated rings. The van der Waals surface area contributed by atoms with Crippen LogP contribution in [0.5, 0.6) is 0 Å². The van der Waals surface area contributed by atoms with Crippen molar-refractivity contribution in [2.75, 3.05) is 13.1 Å². The smallest absolute Gasteiger partial charge is 0.317 e. The largest absolute Gasteiger partial charge is 0.335 e. The molecule has 12 heavy (non-hydrogen) atoms. The molecule has 1 rings (SSSR count). The van der Waals surface area contributed by atoms with Gasteiger partial charge in [0.15, 0.2) is 0 Å². The topological polar surface area (TPSA) is 32.3 Å². The molecule has 3 heteroatoms. The number of hydrogen-bond donors (Lipinski definition) is 1. The molecule has 0 aromatic carbocycles. The zero-order valence-electron chi connectivity index (χ0n) is 7.55. The fourth-order valence-electron chi connectivity index (χ4n) is 1.01. The summed E-state index contributed by atoms with van der Waals surface area (Å²) in [5.41, 5.74) is 0. The van der Waals surface area contributed by atoms with Gasteiger partial charge >= 0.3 is 6.03 Å². The molecular weight excluding hydrogens is 152 g/mol. The van der Waals surface area contributed by atoms with Crippen molar-refractivity contribution >= 4 is 6.03 Å². The van der Waals surface area contributed by atoms with Gasteiger partial charge in [0.25, 0.3) is 0 Å². The Kier molecular flexibility index (Phi) is 3.14. The van der Waals surface area contributed by atoms with Crippen molar-refractivity contribution in [3.63, 3.8) is 0 Å². The molecule has 0 heterocycles. The molecule has 0 radical (unpaired) electrons. The monoisotopic (exact) mass is 168 g/mol. The first-order valence-corrected chi connectivity index (χ1v) is 4.44. The minimum absolute atomic E-state index is 0.0416. The molecule has 0 unspecified atom stereocenters. The van der Waals surface area contributed by atoms with Gasteiger partial charge in [-0.3, -0.25) is 0 Å². The van der Waals surface area contributed by atoms with E-state index in [9.17, 15) is 4.79 Å². The lowest BCUT2D eigenvalue weighted by atomic mass is 10.5. The molecule has 0 aliphatic heterocycles. The molecule has 68 valence electrons. The number of amides is 2. The van der Waals surface area contributed by atoms with Gasteiger partial charge in [-0.25, -0.2) is 4.79 Å². The Labute approximate surface area is 73.4 Å². The van der Waals surface area contributed by atoms with E-state index < -0.39 is 0 Å². The van der Waals surface area contributed by atoms with Crippen LogP contribution in [0.1, 0.15) is 19.8 Å². The fraction of sp³-hybridized carbons (Fsp3) is 0.667. The van der Waals surface area contributed by atoms with E-state index in [1.165, 1.54) is 0 Å². The van der Waals surface area contributed by atoms with Crippen LogP contribution < -0.4 is 5.32 Å². The lowest BCUT2D eigenvalue weighted by Crippen LogP contribution is -2.40. The van der Waals surface area contributed by atoms with Crippen LogP contribution in [0.25, 0.3) is 0 Å². The van der Waals surface area contributed by atoms with Crippen molar-refractivity contribution in [1.29, 1.82) is 0 Å². The lowest BCUT2D eigenvalue weighted by molar-refractivity contribution is 0.205. The summed E-state index contributed by atoms with van der Waals surface area (Å²) in [4.78, 5) is 13.1. The number of nitrogens with one attached hydrogen (secondary N) is 1. The number of nitrogens with zero attached hydrogens (tertiary/aromatic N) is 1. The first kappa shape index (κ1) is 9.10. The van der Waals surface area contributed by atoms with E-state index in [-0.39, 0.29) is 6.03 Å². The standard InChI is InChI=1S/C9H16N2O/c1-3-7-11(4-2)9(12)10-8-5-6-8/h3,8H,1,4-7H2,2H3,(H,10,12). The molecule has 0 aromatic heterocycles. The quantitative estimate of drug-likeness (QED) is 0.632. The van der Waals surface area contributed by atoms with Gasteiger partial charge in [-0.15, -0.1) is 6.58 Å². The molecule has 1 saturated carbocycles. The van der Waals surface area contributed by atoms with Crippen LogP contribution in [0.3, 0.4) is 0 Å². The minimum atomic E-state index is 0.0416. The second kappa shape index (κ2) is 4.14. The Morgan fingerprint density at radius 1 is 1.75 bits per heavy atom. The van der Waals surface area contributed by atoms with Crippen molar-refractivity contribution < 1.29 is 4.79 Å². The van der Waals surface area contributed by atoms with Crippen molar-refractivity contribution in [3.05, 3.63) is 12.7 Å². The summed E-state index contributed by atoms with van der Waals surface area (Å²) in [6.07, 6.45) is 4.02. The molecule has 0 saturated heterocycles. The summed E-state index contributed by atoms with van der Waals surface area (Å²) >= 11 is 0. The first-order chi connectivity index (χ1) is 5.77. The Balaban J connectivity index is 2.29. The van der Waals surface area contributed by atoms with Gasteiger partial charge in [-0.05, 0) is 19.8 Å². The van der Waals surface area contributed by atoms with Gasteiger partial charge in [0.05, 0.1) is 0 Å². The number of likely N-dealkylation sites (N-methyl/N-ethyl adjacent to an activating group) is 1. The van der Waals surface area contributed by atoms with Crippen LogP contribution in [0.4, 0.5) is 4.79 Å². The lowest BCUT2D eigenvalue weighted by Gasteiger charge is -2.19. The Bertz CT molecular complexity index is 175. The number of carbonyl (C=O) groups is 1. The van der Waals surface area contributed by atoms with Crippen LogP contribution >= 0.6 is 0 Å². The van der Waals surface area contributed by atoms with Gasteiger partial charge in [0, 0.05) is 19.1 Å². The average molecular weight is 168 g/mol. The number of carbonyl (C=O) groups excluding carboxylic acids is 1. The average Bonchev–Trinajstić information content (AvgIpc) is 2.83. The van der Waals surface area contributed by atoms with Crippen LogP contribution in [0.15, 0.2) is 12.7 Å². The van der Waals surface area contributed by atoms with Crippen molar-refractivity contribution in [2.45, 2.75) is 25.8 Å². The predicted molar refractivity (Wildman–Crippen MR) is 49.0 cm³/mol. The molecule has 0 spiro atoms. The highest BCUT2D eigenvalue weighted by atomic mass is 16.2. The van der Waals surface area contributed by atoms with Gasteiger partial charge in [0.1, 0.15) is 0 Å². The Morgan fingerprint density at radius 2 is 2.42 bits per heavy atom. The fourth-order valence-corrected chi connectivity index (χ4v) is 1.01. The van der Waals surface area contributed by atoms with Crippen molar-refractivity contribution in [2.24, 2.45) is 0 Å². The molecule has 3 nitrogen and oxygen atoms in total. The normalized spacial score (nSPS) is 15.4. The Hall–Kier alpha value is -0.990. The van der Waals surface area contributed by atoms with E-state index in [0.29, 0.717) is 12.6 Å². The number of hydrogen-bond acceptors (Lipinski definition) is 1. The van der Waals surface area contributed by atoms with Crippen LogP contribution in [-0.4, -0.2) is 30.1 Å². The van der Waals surface area contributed by atoms with Crippen molar-refractivity contribution in [3.8, 4) is 0 Å². The summed E-state index contributed by atoms with van der Waals surface area (Å²) in [5, 5.41) is 2.93. The third-order valence-electron chi connectivity index (χ3n) is 1.92. The maximum atomic E-state index is 11.4. The molecule has 1 aliphatic carbocycles. The third kappa shape index (κ3) is 2.57. The van der Waals surface area contributed by atoms with E-state index in [0.717, 1.165) is 19.4 Å². The van der Waals surface area contributed by atoms with Gasteiger partial charge in [0.2, 0.25) is 0 Å². The maximum absolute atomic E-state index is 11.4. The van der Waals surface area contributed by atoms with Crippen LogP contribution in [-0.2, 0) is 0 Å². The van der Waals surface area contributed by atoms with Gasteiger partial charge < -0.3 is 10.2 Å². The maximum Gasteiger partial charge on any atom is 0.317 e. The third-order valence-corrected chi connectivity index (χ3v) is 1.92. The predicted octanol–water partition coefficient (Wildman–Crippen LogP) is 1.37. The SMILES string of the molecule is C=CCN(CC)C(=O)NC1CC1. The van der Waals surface area contributed by atoms with E-state index in [2.05, 4.69) is 11.9 Å². The second-order valence-corrected chi connectivity index (χ2v) is 3.05. The zero-order chi connectivity index (χ0) is 8.97. The van der Waals surface area contributed by atoms with Crippen LogP contribution in [0, 0.1) is 0 Å². The summed E-state index contributed by atoms with van der Waals surface area (Å²) in [6.45, 7) is 6.95. The van der Waals surface area contributed by atoms with E-state index in [4.69, 9.17) is 0 Å². The van der Waals surface area contributed by atoms with Crippen LogP contribution in [0.2, 0.25) is 0 Å². The highest BCUT2D eigenvalue weighted by molar-refractivity contribution is 5.74. The van der Waals surface area contributed by atoms with E-state index in [1.807, 2.05) is 6.92 Å². The minimum Gasteiger partial charge on any atom is -0.335 e. The first-order valence-electron chi connectivity index (χ1n) is 4.44.